The van der Waals surface area contributed by atoms with Gasteiger partial charge in [0.1, 0.15) is 11.5 Å². The van der Waals surface area contributed by atoms with E-state index in [1.54, 1.807) is 16.9 Å². The van der Waals surface area contributed by atoms with Crippen LogP contribution in [0.1, 0.15) is 65.9 Å². The van der Waals surface area contributed by atoms with Gasteiger partial charge in [-0.25, -0.2) is 0 Å². The fraction of sp³-hybridized carbons (Fsp3) is 0.739. The Kier molecular flexibility index (Phi) is 9.90. The van der Waals surface area contributed by atoms with Gasteiger partial charge in [0, 0.05) is 26.1 Å². The first kappa shape index (κ1) is 25.2. The SMILES string of the molecule is COCCN(Cc1ccc(C)o1)C(=O)CN(C(=O)CC(C)CC(C)(C)C)C(C)C. The summed E-state index contributed by atoms with van der Waals surface area (Å²) in [6.07, 6.45) is 1.43. The molecule has 0 saturated carbocycles. The fourth-order valence-corrected chi connectivity index (χ4v) is 3.59. The van der Waals surface area contributed by atoms with E-state index in [1.807, 2.05) is 32.9 Å². The normalized spacial score (nSPS) is 12.9. The summed E-state index contributed by atoms with van der Waals surface area (Å²) in [7, 11) is 1.61. The molecular weight excluding hydrogens is 368 g/mol. The first-order valence-electron chi connectivity index (χ1n) is 10.5. The Balaban J connectivity index is 2.81. The summed E-state index contributed by atoms with van der Waals surface area (Å²) in [4.78, 5) is 29.3. The summed E-state index contributed by atoms with van der Waals surface area (Å²) in [5.74, 6) is 1.75. The Hall–Kier alpha value is -1.82. The lowest BCUT2D eigenvalue weighted by atomic mass is 9.84. The molecule has 0 N–H and O–H groups in total. The summed E-state index contributed by atoms with van der Waals surface area (Å²) < 4.78 is 10.8. The van der Waals surface area contributed by atoms with Crippen LogP contribution in [0.5, 0.6) is 0 Å². The fourth-order valence-electron chi connectivity index (χ4n) is 3.59. The first-order chi connectivity index (χ1) is 13.4. The zero-order valence-corrected chi connectivity index (χ0v) is 19.6. The first-order valence-corrected chi connectivity index (χ1v) is 10.5. The van der Waals surface area contributed by atoms with Crippen LogP contribution in [0.3, 0.4) is 0 Å². The number of rotatable bonds is 11. The monoisotopic (exact) mass is 408 g/mol. The predicted octanol–water partition coefficient (Wildman–Crippen LogP) is 4.26. The van der Waals surface area contributed by atoms with E-state index < -0.39 is 0 Å². The van der Waals surface area contributed by atoms with Gasteiger partial charge in [-0.1, -0.05) is 27.7 Å². The van der Waals surface area contributed by atoms with Crippen LogP contribution in [0.25, 0.3) is 0 Å². The lowest BCUT2D eigenvalue weighted by Gasteiger charge is -2.31. The molecule has 1 atom stereocenters. The van der Waals surface area contributed by atoms with Crippen molar-refractivity contribution in [2.24, 2.45) is 11.3 Å². The molecule has 0 aliphatic heterocycles. The van der Waals surface area contributed by atoms with Crippen molar-refractivity contribution in [3.05, 3.63) is 23.7 Å². The van der Waals surface area contributed by atoms with E-state index in [2.05, 4.69) is 27.7 Å². The standard InChI is InChI=1S/C23H40N2O4/c1-17(2)25(21(26)13-18(3)14-23(5,6)7)16-22(27)24(11-12-28-8)15-20-10-9-19(4)29-20/h9-10,17-18H,11-16H2,1-8H3. The van der Waals surface area contributed by atoms with Gasteiger partial charge in [0.25, 0.3) is 0 Å². The molecule has 1 unspecified atom stereocenters. The molecule has 1 aromatic rings. The van der Waals surface area contributed by atoms with Crippen LogP contribution in [-0.2, 0) is 20.9 Å². The maximum atomic E-state index is 13.0. The van der Waals surface area contributed by atoms with Crippen molar-refractivity contribution in [1.82, 2.24) is 9.80 Å². The van der Waals surface area contributed by atoms with Crippen LogP contribution >= 0.6 is 0 Å². The van der Waals surface area contributed by atoms with Gasteiger partial charge < -0.3 is 19.0 Å². The lowest BCUT2D eigenvalue weighted by molar-refractivity contribution is -0.143. The molecule has 6 heteroatoms. The van der Waals surface area contributed by atoms with E-state index in [0.717, 1.165) is 17.9 Å². The number of nitrogens with zero attached hydrogens (tertiary/aromatic N) is 2. The second-order valence-corrected chi connectivity index (χ2v) is 9.51. The average Bonchev–Trinajstić information content (AvgIpc) is 2.98. The summed E-state index contributed by atoms with van der Waals surface area (Å²) in [6.45, 7) is 15.8. The molecule has 1 rings (SSSR count). The van der Waals surface area contributed by atoms with Crippen LogP contribution in [-0.4, -0.2) is 54.5 Å². The molecule has 6 nitrogen and oxygen atoms in total. The van der Waals surface area contributed by atoms with Crippen molar-refractivity contribution in [1.29, 1.82) is 0 Å². The zero-order valence-electron chi connectivity index (χ0n) is 19.6. The van der Waals surface area contributed by atoms with E-state index in [0.29, 0.717) is 26.1 Å². The summed E-state index contributed by atoms with van der Waals surface area (Å²) in [5, 5.41) is 0. The van der Waals surface area contributed by atoms with E-state index in [-0.39, 0.29) is 35.7 Å². The molecular formula is C23H40N2O4. The summed E-state index contributed by atoms with van der Waals surface area (Å²) in [6, 6.07) is 3.72. The van der Waals surface area contributed by atoms with Crippen LogP contribution in [0.15, 0.2) is 16.5 Å². The molecule has 0 fully saturated rings. The van der Waals surface area contributed by atoms with E-state index >= 15 is 0 Å². The van der Waals surface area contributed by atoms with Gasteiger partial charge in [0.15, 0.2) is 0 Å². The quantitative estimate of drug-likeness (QED) is 0.549. The van der Waals surface area contributed by atoms with Crippen molar-refractivity contribution in [2.75, 3.05) is 26.8 Å². The number of hydrogen-bond donors (Lipinski definition) is 0. The highest BCUT2D eigenvalue weighted by molar-refractivity contribution is 5.85. The highest BCUT2D eigenvalue weighted by atomic mass is 16.5. The predicted molar refractivity (Wildman–Crippen MR) is 115 cm³/mol. The smallest absolute Gasteiger partial charge is 0.242 e. The van der Waals surface area contributed by atoms with E-state index in [9.17, 15) is 9.59 Å². The Morgan fingerprint density at radius 2 is 1.79 bits per heavy atom. The average molecular weight is 409 g/mol. The zero-order chi connectivity index (χ0) is 22.2. The van der Waals surface area contributed by atoms with Crippen molar-refractivity contribution in [3.8, 4) is 0 Å². The van der Waals surface area contributed by atoms with Gasteiger partial charge in [-0.3, -0.25) is 9.59 Å². The van der Waals surface area contributed by atoms with Gasteiger partial charge in [0.2, 0.25) is 11.8 Å². The van der Waals surface area contributed by atoms with Crippen molar-refractivity contribution >= 4 is 11.8 Å². The third kappa shape index (κ3) is 9.48. The highest BCUT2D eigenvalue weighted by Crippen LogP contribution is 2.26. The number of aryl methyl sites for hydroxylation is 1. The van der Waals surface area contributed by atoms with Gasteiger partial charge in [-0.15, -0.1) is 0 Å². The molecule has 1 heterocycles. The minimum Gasteiger partial charge on any atom is -0.464 e. The third-order valence-corrected chi connectivity index (χ3v) is 4.79. The maximum absolute atomic E-state index is 13.0. The van der Waals surface area contributed by atoms with E-state index in [1.165, 1.54) is 0 Å². The molecule has 0 bridgehead atoms. The molecule has 1 aromatic heterocycles. The number of methoxy groups -OCH3 is 1. The van der Waals surface area contributed by atoms with Gasteiger partial charge >= 0.3 is 0 Å². The number of carbonyl (C=O) groups is 2. The van der Waals surface area contributed by atoms with Gasteiger partial charge in [-0.05, 0) is 50.7 Å². The van der Waals surface area contributed by atoms with Crippen molar-refractivity contribution in [3.63, 3.8) is 0 Å². The second-order valence-electron chi connectivity index (χ2n) is 9.51. The summed E-state index contributed by atoms with van der Waals surface area (Å²) in [5.41, 5.74) is 0.177. The Morgan fingerprint density at radius 3 is 2.28 bits per heavy atom. The maximum Gasteiger partial charge on any atom is 0.242 e. The van der Waals surface area contributed by atoms with E-state index in [4.69, 9.17) is 9.15 Å². The number of furan rings is 1. The number of amides is 2. The molecule has 0 saturated heterocycles. The van der Waals surface area contributed by atoms with Gasteiger partial charge in [0.05, 0.1) is 19.7 Å². The van der Waals surface area contributed by atoms with Crippen molar-refractivity contribution < 1.29 is 18.7 Å². The molecule has 0 aromatic carbocycles. The molecule has 166 valence electrons. The largest absolute Gasteiger partial charge is 0.464 e. The Bertz CT molecular complexity index is 646. The number of carbonyl (C=O) groups excluding carboxylic acids is 2. The van der Waals surface area contributed by atoms with Crippen molar-refractivity contribution in [2.45, 2.75) is 73.9 Å². The van der Waals surface area contributed by atoms with Crippen LogP contribution < -0.4 is 0 Å². The summed E-state index contributed by atoms with van der Waals surface area (Å²) >= 11 is 0. The topological polar surface area (TPSA) is 63.0 Å². The minimum absolute atomic E-state index is 0.0330. The van der Waals surface area contributed by atoms with Crippen LogP contribution in [0.4, 0.5) is 0 Å². The molecule has 2 amide bonds. The molecule has 0 spiro atoms. The number of ether oxygens (including phenoxy) is 1. The Labute approximate surface area is 176 Å². The molecule has 29 heavy (non-hydrogen) atoms. The minimum atomic E-state index is -0.0957. The van der Waals surface area contributed by atoms with Gasteiger partial charge in [-0.2, -0.15) is 0 Å². The van der Waals surface area contributed by atoms with Crippen LogP contribution in [0, 0.1) is 18.3 Å². The highest BCUT2D eigenvalue weighted by Gasteiger charge is 2.26. The lowest BCUT2D eigenvalue weighted by Crippen LogP contribution is -2.46. The molecule has 0 aliphatic rings. The number of hydrogen-bond acceptors (Lipinski definition) is 4. The molecule has 0 aliphatic carbocycles. The van der Waals surface area contributed by atoms with Crippen LogP contribution in [0.2, 0.25) is 0 Å². The molecule has 0 radical (unpaired) electrons. The Morgan fingerprint density at radius 1 is 1.14 bits per heavy atom. The third-order valence-electron chi connectivity index (χ3n) is 4.79. The second kappa shape index (κ2) is 11.4.